The largest absolute Gasteiger partial charge is 0.475 e. The molecule has 0 aliphatic heterocycles. The molecular weight excluding hydrogens is 212 g/mol. The van der Waals surface area contributed by atoms with Crippen LogP contribution in [0.4, 0.5) is 0 Å². The second-order valence-corrected chi connectivity index (χ2v) is 4.86. The number of ether oxygens (including phenoxy) is 1. The van der Waals surface area contributed by atoms with Gasteiger partial charge >= 0.3 is 0 Å². The molecule has 0 bridgehead atoms. The van der Waals surface area contributed by atoms with Crippen molar-refractivity contribution in [3.8, 4) is 5.88 Å². The molecule has 0 fully saturated rings. The second-order valence-electron chi connectivity index (χ2n) is 4.86. The number of nitrogens with one attached hydrogen (secondary N) is 1. The van der Waals surface area contributed by atoms with Gasteiger partial charge in [-0.1, -0.05) is 20.8 Å². The Morgan fingerprint density at radius 1 is 1.35 bits per heavy atom. The lowest BCUT2D eigenvalue weighted by Crippen LogP contribution is -2.19. The van der Waals surface area contributed by atoms with Gasteiger partial charge in [-0.25, -0.2) is 4.98 Å². The third kappa shape index (κ3) is 5.68. The minimum Gasteiger partial charge on any atom is -0.475 e. The van der Waals surface area contributed by atoms with Crippen LogP contribution in [0.2, 0.25) is 0 Å². The van der Waals surface area contributed by atoms with Crippen LogP contribution in [0.3, 0.4) is 0 Å². The van der Waals surface area contributed by atoms with Crippen LogP contribution >= 0.6 is 0 Å². The first-order valence-electron chi connectivity index (χ1n) is 6.44. The zero-order chi connectivity index (χ0) is 12.7. The average molecular weight is 236 g/mol. The summed E-state index contributed by atoms with van der Waals surface area (Å²) in [4.78, 5) is 4.22. The van der Waals surface area contributed by atoms with Gasteiger partial charge in [0, 0.05) is 18.8 Å². The first kappa shape index (κ1) is 14.0. The summed E-state index contributed by atoms with van der Waals surface area (Å²) < 4.78 is 5.69. The number of pyridine rings is 1. The molecule has 0 aliphatic rings. The lowest BCUT2D eigenvalue weighted by Gasteiger charge is -2.12. The number of aromatic nitrogens is 1. The maximum atomic E-state index is 5.69. The zero-order valence-electron chi connectivity index (χ0n) is 11.4. The van der Waals surface area contributed by atoms with E-state index < -0.39 is 0 Å². The molecule has 1 aromatic heterocycles. The van der Waals surface area contributed by atoms with Gasteiger partial charge in [0.1, 0.15) is 0 Å². The molecule has 1 aromatic rings. The van der Waals surface area contributed by atoms with Gasteiger partial charge < -0.3 is 10.1 Å². The molecule has 1 rings (SSSR count). The van der Waals surface area contributed by atoms with E-state index in [-0.39, 0.29) is 6.10 Å². The molecule has 0 saturated carbocycles. The van der Waals surface area contributed by atoms with Gasteiger partial charge in [-0.3, -0.25) is 0 Å². The van der Waals surface area contributed by atoms with Crippen molar-refractivity contribution in [1.82, 2.24) is 10.3 Å². The van der Waals surface area contributed by atoms with Gasteiger partial charge in [0.25, 0.3) is 0 Å². The third-order valence-electron chi connectivity index (χ3n) is 2.58. The molecule has 1 unspecified atom stereocenters. The quantitative estimate of drug-likeness (QED) is 0.790. The number of hydrogen-bond acceptors (Lipinski definition) is 3. The van der Waals surface area contributed by atoms with Crippen LogP contribution in [0.1, 0.15) is 39.7 Å². The summed E-state index contributed by atoms with van der Waals surface area (Å²) in [6.45, 7) is 10.5. The Bertz CT molecular complexity index is 326. The lowest BCUT2D eigenvalue weighted by atomic mass is 10.2. The molecule has 0 spiro atoms. The Kier molecular flexibility index (Phi) is 5.98. The SMILES string of the molecule is CCC(C)Oc1cc(CNCC(C)C)ccn1. The topological polar surface area (TPSA) is 34.1 Å². The zero-order valence-corrected chi connectivity index (χ0v) is 11.4. The summed E-state index contributed by atoms with van der Waals surface area (Å²) in [7, 11) is 0. The molecule has 3 heteroatoms. The Labute approximate surface area is 105 Å². The van der Waals surface area contributed by atoms with E-state index in [9.17, 15) is 0 Å². The highest BCUT2D eigenvalue weighted by Crippen LogP contribution is 2.12. The predicted molar refractivity (Wildman–Crippen MR) is 71.2 cm³/mol. The summed E-state index contributed by atoms with van der Waals surface area (Å²) >= 11 is 0. The molecule has 0 radical (unpaired) electrons. The minimum absolute atomic E-state index is 0.223. The number of nitrogens with zero attached hydrogens (tertiary/aromatic N) is 1. The first-order valence-corrected chi connectivity index (χ1v) is 6.44. The fraction of sp³-hybridized carbons (Fsp3) is 0.643. The molecule has 0 saturated heterocycles. The molecule has 0 aliphatic carbocycles. The van der Waals surface area contributed by atoms with Gasteiger partial charge in [-0.2, -0.15) is 0 Å². The molecule has 1 heterocycles. The summed E-state index contributed by atoms with van der Waals surface area (Å²) in [6.07, 6.45) is 3.03. The van der Waals surface area contributed by atoms with Gasteiger partial charge in [0.2, 0.25) is 5.88 Å². The fourth-order valence-electron chi connectivity index (χ4n) is 1.42. The van der Waals surface area contributed by atoms with Crippen molar-refractivity contribution in [3.05, 3.63) is 23.9 Å². The van der Waals surface area contributed by atoms with E-state index in [0.717, 1.165) is 25.4 Å². The van der Waals surface area contributed by atoms with Crippen molar-refractivity contribution in [2.45, 2.75) is 46.8 Å². The van der Waals surface area contributed by atoms with E-state index in [1.165, 1.54) is 5.56 Å². The molecule has 1 N–H and O–H groups in total. The van der Waals surface area contributed by atoms with Gasteiger partial charge in [0.05, 0.1) is 6.10 Å². The van der Waals surface area contributed by atoms with Gasteiger partial charge in [-0.05, 0) is 37.4 Å². The van der Waals surface area contributed by atoms with E-state index in [4.69, 9.17) is 4.74 Å². The van der Waals surface area contributed by atoms with Crippen LogP contribution in [-0.2, 0) is 6.54 Å². The Morgan fingerprint density at radius 2 is 2.12 bits per heavy atom. The van der Waals surface area contributed by atoms with Crippen molar-refractivity contribution in [2.75, 3.05) is 6.54 Å². The highest BCUT2D eigenvalue weighted by atomic mass is 16.5. The van der Waals surface area contributed by atoms with Crippen LogP contribution in [0.5, 0.6) is 5.88 Å². The number of rotatable bonds is 7. The molecule has 0 amide bonds. The Balaban J connectivity index is 2.48. The highest BCUT2D eigenvalue weighted by molar-refractivity contribution is 5.20. The van der Waals surface area contributed by atoms with E-state index in [2.05, 4.69) is 38.0 Å². The molecule has 17 heavy (non-hydrogen) atoms. The summed E-state index contributed by atoms with van der Waals surface area (Å²) in [6, 6.07) is 4.04. The molecule has 0 aromatic carbocycles. The van der Waals surface area contributed by atoms with Gasteiger partial charge in [0.15, 0.2) is 0 Å². The molecular formula is C14H24N2O. The van der Waals surface area contributed by atoms with Crippen LogP contribution in [0.15, 0.2) is 18.3 Å². The minimum atomic E-state index is 0.223. The van der Waals surface area contributed by atoms with Crippen molar-refractivity contribution in [2.24, 2.45) is 5.92 Å². The van der Waals surface area contributed by atoms with E-state index in [0.29, 0.717) is 5.92 Å². The smallest absolute Gasteiger partial charge is 0.213 e. The monoisotopic (exact) mass is 236 g/mol. The molecule has 96 valence electrons. The standard InChI is InChI=1S/C14H24N2O/c1-5-12(4)17-14-8-13(6-7-16-14)10-15-9-11(2)3/h6-8,11-12,15H,5,9-10H2,1-4H3. The van der Waals surface area contributed by atoms with Crippen LogP contribution in [-0.4, -0.2) is 17.6 Å². The summed E-state index contributed by atoms with van der Waals surface area (Å²) in [5.41, 5.74) is 1.22. The third-order valence-corrected chi connectivity index (χ3v) is 2.58. The van der Waals surface area contributed by atoms with Crippen LogP contribution in [0, 0.1) is 5.92 Å². The van der Waals surface area contributed by atoms with E-state index >= 15 is 0 Å². The van der Waals surface area contributed by atoms with Crippen molar-refractivity contribution >= 4 is 0 Å². The van der Waals surface area contributed by atoms with Crippen molar-refractivity contribution in [1.29, 1.82) is 0 Å². The van der Waals surface area contributed by atoms with Crippen LogP contribution < -0.4 is 10.1 Å². The van der Waals surface area contributed by atoms with Gasteiger partial charge in [-0.15, -0.1) is 0 Å². The summed E-state index contributed by atoms with van der Waals surface area (Å²) in [5, 5.41) is 3.41. The fourth-order valence-corrected chi connectivity index (χ4v) is 1.42. The predicted octanol–water partition coefficient (Wildman–Crippen LogP) is 3.00. The lowest BCUT2D eigenvalue weighted by molar-refractivity contribution is 0.208. The second kappa shape index (κ2) is 7.28. The molecule has 1 atom stereocenters. The number of hydrogen-bond donors (Lipinski definition) is 1. The Hall–Kier alpha value is -1.09. The van der Waals surface area contributed by atoms with Crippen LogP contribution in [0.25, 0.3) is 0 Å². The molecule has 3 nitrogen and oxygen atoms in total. The maximum Gasteiger partial charge on any atom is 0.213 e. The Morgan fingerprint density at radius 3 is 2.76 bits per heavy atom. The summed E-state index contributed by atoms with van der Waals surface area (Å²) in [5.74, 6) is 1.40. The average Bonchev–Trinajstić information content (AvgIpc) is 2.29. The van der Waals surface area contributed by atoms with E-state index in [1.807, 2.05) is 18.3 Å². The normalized spacial score (nSPS) is 12.8. The first-order chi connectivity index (χ1) is 8.11. The van der Waals surface area contributed by atoms with Crippen molar-refractivity contribution < 1.29 is 4.74 Å². The highest BCUT2D eigenvalue weighted by Gasteiger charge is 2.03. The van der Waals surface area contributed by atoms with E-state index in [1.54, 1.807) is 0 Å². The van der Waals surface area contributed by atoms with Crippen molar-refractivity contribution in [3.63, 3.8) is 0 Å². The maximum absolute atomic E-state index is 5.69.